The van der Waals surface area contributed by atoms with Gasteiger partial charge in [-0.1, -0.05) is 43.1 Å². The van der Waals surface area contributed by atoms with E-state index in [9.17, 15) is 19.8 Å². The number of ketones is 1. The fourth-order valence-corrected chi connectivity index (χ4v) is 3.64. The van der Waals surface area contributed by atoms with Crippen LogP contribution in [0.4, 0.5) is 0 Å². The molecule has 1 atom stereocenters. The first-order valence-corrected chi connectivity index (χ1v) is 9.68. The minimum absolute atomic E-state index is 0.0297. The number of hydrogen-bond acceptors (Lipinski definition) is 5. The van der Waals surface area contributed by atoms with Gasteiger partial charge in [-0.15, -0.1) is 0 Å². The number of halogens is 1. The van der Waals surface area contributed by atoms with Gasteiger partial charge in [0, 0.05) is 17.1 Å². The smallest absolute Gasteiger partial charge is 0.295 e. The highest BCUT2D eigenvalue weighted by Gasteiger charge is 2.45. The molecule has 0 aromatic heterocycles. The highest BCUT2D eigenvalue weighted by atomic mass is 35.5. The van der Waals surface area contributed by atoms with E-state index >= 15 is 0 Å². The van der Waals surface area contributed by atoms with Crippen LogP contribution in [0.1, 0.15) is 36.9 Å². The van der Waals surface area contributed by atoms with Crippen LogP contribution < -0.4 is 4.74 Å². The molecule has 2 aromatic rings. The predicted molar refractivity (Wildman–Crippen MR) is 110 cm³/mol. The molecule has 2 aromatic carbocycles. The minimum Gasteiger partial charge on any atom is -0.507 e. The quantitative estimate of drug-likeness (QED) is 0.418. The maximum atomic E-state index is 12.8. The van der Waals surface area contributed by atoms with Gasteiger partial charge < -0.3 is 19.8 Å². The molecule has 0 aliphatic carbocycles. The number of aromatic hydroxyl groups is 1. The van der Waals surface area contributed by atoms with Gasteiger partial charge in [-0.3, -0.25) is 9.59 Å². The third-order valence-corrected chi connectivity index (χ3v) is 5.14. The summed E-state index contributed by atoms with van der Waals surface area (Å²) in [5.74, 6) is -1.59. The number of phenols is 1. The lowest BCUT2D eigenvalue weighted by molar-refractivity contribution is -0.139. The van der Waals surface area contributed by atoms with Crippen molar-refractivity contribution in [2.75, 3.05) is 13.7 Å². The van der Waals surface area contributed by atoms with E-state index in [1.54, 1.807) is 30.3 Å². The Morgan fingerprint density at radius 3 is 2.59 bits per heavy atom. The van der Waals surface area contributed by atoms with Gasteiger partial charge in [0.25, 0.3) is 11.7 Å². The molecular formula is C22H22ClNO5. The van der Waals surface area contributed by atoms with Crippen molar-refractivity contribution >= 4 is 29.1 Å². The van der Waals surface area contributed by atoms with Gasteiger partial charge >= 0.3 is 0 Å². The highest BCUT2D eigenvalue weighted by Crippen LogP contribution is 2.41. The van der Waals surface area contributed by atoms with Crippen LogP contribution in [0.5, 0.6) is 11.5 Å². The summed E-state index contributed by atoms with van der Waals surface area (Å²) < 4.78 is 5.08. The van der Waals surface area contributed by atoms with Crippen LogP contribution in [0.2, 0.25) is 5.02 Å². The van der Waals surface area contributed by atoms with Crippen molar-refractivity contribution in [1.82, 2.24) is 4.90 Å². The summed E-state index contributed by atoms with van der Waals surface area (Å²) in [6.45, 7) is 2.33. The Balaban J connectivity index is 2.18. The van der Waals surface area contributed by atoms with Gasteiger partial charge in [-0.2, -0.15) is 0 Å². The summed E-state index contributed by atoms with van der Waals surface area (Å²) in [7, 11) is 1.43. The van der Waals surface area contributed by atoms with E-state index in [-0.39, 0.29) is 22.8 Å². The summed E-state index contributed by atoms with van der Waals surface area (Å²) in [6.07, 6.45) is 1.53. The molecule has 1 aliphatic heterocycles. The number of ether oxygens (including phenoxy) is 1. The molecule has 29 heavy (non-hydrogen) atoms. The maximum absolute atomic E-state index is 12.8. The molecule has 6 nitrogen and oxygen atoms in total. The Bertz CT molecular complexity index is 985. The van der Waals surface area contributed by atoms with E-state index in [4.69, 9.17) is 16.3 Å². The SMILES string of the molecule is CCCCN1C(=O)C(=O)/C(=C(\O)c2cccc(Cl)c2)C1c1ccc(OC)c(O)c1. The van der Waals surface area contributed by atoms with Crippen LogP contribution in [-0.2, 0) is 9.59 Å². The van der Waals surface area contributed by atoms with Crippen molar-refractivity contribution < 1.29 is 24.5 Å². The van der Waals surface area contributed by atoms with Gasteiger partial charge in [-0.25, -0.2) is 0 Å². The number of Topliss-reactive ketones (excluding diaryl/α,β-unsaturated/α-hetero) is 1. The number of carbonyl (C=O) groups is 2. The fraction of sp³-hybridized carbons (Fsp3) is 0.273. The van der Waals surface area contributed by atoms with Gasteiger partial charge in [0.1, 0.15) is 5.76 Å². The molecule has 0 bridgehead atoms. The van der Waals surface area contributed by atoms with E-state index in [2.05, 4.69) is 0 Å². The number of benzene rings is 2. The van der Waals surface area contributed by atoms with Crippen LogP contribution in [0, 0.1) is 0 Å². The largest absolute Gasteiger partial charge is 0.507 e. The Labute approximate surface area is 174 Å². The maximum Gasteiger partial charge on any atom is 0.295 e. The molecule has 3 rings (SSSR count). The standard InChI is InChI=1S/C22H22ClNO5/c1-3-4-10-24-19(13-8-9-17(29-2)16(25)12-13)18(21(27)22(24)28)20(26)14-6-5-7-15(23)11-14/h5-9,11-12,19,25-26H,3-4,10H2,1-2H3/b20-18-. The fourth-order valence-electron chi connectivity index (χ4n) is 3.45. The number of amides is 1. The zero-order chi connectivity index (χ0) is 21.1. The number of rotatable bonds is 6. The van der Waals surface area contributed by atoms with E-state index in [1.807, 2.05) is 6.92 Å². The molecule has 1 amide bonds. The zero-order valence-electron chi connectivity index (χ0n) is 16.2. The van der Waals surface area contributed by atoms with Crippen LogP contribution in [0.3, 0.4) is 0 Å². The number of carbonyl (C=O) groups excluding carboxylic acids is 2. The molecule has 0 saturated carbocycles. The molecule has 1 saturated heterocycles. The molecule has 1 heterocycles. The normalized spacial score (nSPS) is 18.3. The number of methoxy groups -OCH3 is 1. The van der Waals surface area contributed by atoms with E-state index < -0.39 is 17.7 Å². The summed E-state index contributed by atoms with van der Waals surface area (Å²) in [4.78, 5) is 27.0. The van der Waals surface area contributed by atoms with Gasteiger partial charge in [0.05, 0.1) is 18.7 Å². The van der Waals surface area contributed by atoms with Gasteiger partial charge in [0.15, 0.2) is 11.5 Å². The first kappa shape index (κ1) is 20.7. The highest BCUT2D eigenvalue weighted by molar-refractivity contribution is 6.46. The topological polar surface area (TPSA) is 87.1 Å². The van der Waals surface area contributed by atoms with Gasteiger partial charge in [-0.05, 0) is 36.2 Å². The molecule has 1 fully saturated rings. The van der Waals surface area contributed by atoms with Crippen molar-refractivity contribution in [2.24, 2.45) is 0 Å². The number of unbranched alkanes of at least 4 members (excludes halogenated alkanes) is 1. The third kappa shape index (κ3) is 3.93. The third-order valence-electron chi connectivity index (χ3n) is 4.91. The average molecular weight is 416 g/mol. The van der Waals surface area contributed by atoms with Crippen LogP contribution in [0.25, 0.3) is 5.76 Å². The molecule has 0 spiro atoms. The lowest BCUT2D eigenvalue weighted by Gasteiger charge is -2.25. The van der Waals surface area contributed by atoms with E-state index in [1.165, 1.54) is 24.1 Å². The minimum atomic E-state index is -0.822. The van der Waals surface area contributed by atoms with Crippen LogP contribution in [0.15, 0.2) is 48.0 Å². The van der Waals surface area contributed by atoms with Crippen molar-refractivity contribution in [2.45, 2.75) is 25.8 Å². The Morgan fingerprint density at radius 2 is 1.97 bits per heavy atom. The number of aliphatic hydroxyl groups is 1. The molecule has 7 heteroatoms. The Morgan fingerprint density at radius 1 is 1.21 bits per heavy atom. The van der Waals surface area contributed by atoms with Crippen molar-refractivity contribution in [3.8, 4) is 11.5 Å². The summed E-state index contributed by atoms with van der Waals surface area (Å²) in [6, 6.07) is 10.3. The monoisotopic (exact) mass is 415 g/mol. The van der Waals surface area contributed by atoms with Crippen molar-refractivity contribution in [1.29, 1.82) is 0 Å². The average Bonchev–Trinajstić information content (AvgIpc) is 2.96. The summed E-state index contributed by atoms with van der Waals surface area (Å²) in [5, 5.41) is 21.5. The number of likely N-dealkylation sites (tertiary alicyclic amines) is 1. The van der Waals surface area contributed by atoms with E-state index in [0.29, 0.717) is 29.1 Å². The Hall–Kier alpha value is -2.99. The second-order valence-corrected chi connectivity index (χ2v) is 7.22. The zero-order valence-corrected chi connectivity index (χ0v) is 16.9. The number of hydrogen-bond donors (Lipinski definition) is 2. The lowest BCUT2D eigenvalue weighted by atomic mass is 9.95. The predicted octanol–water partition coefficient (Wildman–Crippen LogP) is 4.28. The Kier molecular flexibility index (Phi) is 6.13. The summed E-state index contributed by atoms with van der Waals surface area (Å²) >= 11 is 6.02. The molecule has 152 valence electrons. The second kappa shape index (κ2) is 8.57. The lowest BCUT2D eigenvalue weighted by Crippen LogP contribution is -2.30. The number of phenolic OH excluding ortho intramolecular Hbond substituents is 1. The first-order valence-electron chi connectivity index (χ1n) is 9.30. The van der Waals surface area contributed by atoms with Crippen molar-refractivity contribution in [3.05, 3.63) is 64.2 Å². The van der Waals surface area contributed by atoms with Crippen molar-refractivity contribution in [3.63, 3.8) is 0 Å². The van der Waals surface area contributed by atoms with Gasteiger partial charge in [0.2, 0.25) is 0 Å². The molecular weight excluding hydrogens is 394 g/mol. The molecule has 2 N–H and O–H groups in total. The van der Waals surface area contributed by atoms with Crippen LogP contribution in [-0.4, -0.2) is 40.5 Å². The number of aliphatic hydroxyl groups excluding tert-OH is 1. The van der Waals surface area contributed by atoms with E-state index in [0.717, 1.165) is 6.42 Å². The second-order valence-electron chi connectivity index (χ2n) is 6.79. The number of nitrogens with zero attached hydrogens (tertiary/aromatic N) is 1. The van der Waals surface area contributed by atoms with Crippen LogP contribution >= 0.6 is 11.6 Å². The molecule has 0 radical (unpaired) electrons. The molecule has 1 aliphatic rings. The molecule has 1 unspecified atom stereocenters. The summed E-state index contributed by atoms with van der Waals surface area (Å²) in [5.41, 5.74) is 0.814. The first-order chi connectivity index (χ1) is 13.9.